The molecule has 0 saturated heterocycles. The number of nitrogens with zero attached hydrogens (tertiary/aromatic N) is 2. The molecule has 0 bridgehead atoms. The van der Waals surface area contributed by atoms with Gasteiger partial charge in [-0.1, -0.05) is 27.6 Å². The Kier molecular flexibility index (Phi) is 4.31. The third kappa shape index (κ3) is 3.26. The van der Waals surface area contributed by atoms with Gasteiger partial charge in [0.05, 0.1) is 11.7 Å². The summed E-state index contributed by atoms with van der Waals surface area (Å²) in [5, 5.41) is 8.26. The molecular formula is C20H16BrN3O3. The van der Waals surface area contributed by atoms with Gasteiger partial charge in [0, 0.05) is 15.5 Å². The second-order valence-electron chi connectivity index (χ2n) is 6.46. The average molecular weight is 426 g/mol. The molecule has 0 unspecified atom stereocenters. The number of carbonyl (C=O) groups excluding carboxylic acids is 1. The molecule has 7 heteroatoms. The molecule has 0 aliphatic carbocycles. The lowest BCUT2D eigenvalue weighted by Gasteiger charge is -2.10. The van der Waals surface area contributed by atoms with Gasteiger partial charge >= 0.3 is 5.63 Å². The van der Waals surface area contributed by atoms with Crippen LogP contribution in [-0.2, 0) is 11.3 Å². The highest BCUT2D eigenvalue weighted by Crippen LogP contribution is 2.24. The minimum atomic E-state index is -0.461. The lowest BCUT2D eigenvalue weighted by molar-refractivity contribution is -0.116. The third-order valence-electron chi connectivity index (χ3n) is 4.41. The van der Waals surface area contributed by atoms with E-state index in [-0.39, 0.29) is 12.5 Å². The summed E-state index contributed by atoms with van der Waals surface area (Å²) in [6.07, 6.45) is 1.45. The highest BCUT2D eigenvalue weighted by molar-refractivity contribution is 9.10. The van der Waals surface area contributed by atoms with Crippen LogP contribution in [0.5, 0.6) is 0 Å². The van der Waals surface area contributed by atoms with Crippen molar-refractivity contribution in [1.29, 1.82) is 0 Å². The Morgan fingerprint density at radius 2 is 2.00 bits per heavy atom. The molecule has 2 heterocycles. The maximum Gasteiger partial charge on any atom is 0.347 e. The zero-order valence-corrected chi connectivity index (χ0v) is 16.3. The van der Waals surface area contributed by atoms with E-state index >= 15 is 0 Å². The predicted molar refractivity (Wildman–Crippen MR) is 108 cm³/mol. The minimum absolute atomic E-state index is 0.00843. The predicted octanol–water partition coefficient (Wildman–Crippen LogP) is 4.16. The quantitative estimate of drug-likeness (QED) is 0.499. The van der Waals surface area contributed by atoms with E-state index in [1.165, 1.54) is 10.9 Å². The van der Waals surface area contributed by atoms with Crippen LogP contribution in [0.4, 0.5) is 5.69 Å². The number of aryl methyl sites for hydroxylation is 2. The number of carbonyl (C=O) groups is 1. The molecule has 0 saturated carbocycles. The second kappa shape index (κ2) is 6.66. The van der Waals surface area contributed by atoms with Gasteiger partial charge in [-0.15, -0.1) is 0 Å². The van der Waals surface area contributed by atoms with Gasteiger partial charge in [0.1, 0.15) is 17.5 Å². The van der Waals surface area contributed by atoms with Crippen LogP contribution >= 0.6 is 15.9 Å². The zero-order chi connectivity index (χ0) is 19.1. The number of fused-ring (bicyclic) bond motifs is 3. The summed E-state index contributed by atoms with van der Waals surface area (Å²) in [7, 11) is 0. The van der Waals surface area contributed by atoms with Gasteiger partial charge in [-0.05, 0) is 49.7 Å². The third-order valence-corrected chi connectivity index (χ3v) is 4.90. The average Bonchev–Trinajstić information content (AvgIpc) is 3.03. The fourth-order valence-electron chi connectivity index (χ4n) is 3.10. The molecule has 4 aromatic rings. The number of amides is 1. The summed E-state index contributed by atoms with van der Waals surface area (Å²) in [6, 6.07) is 11.2. The molecule has 27 heavy (non-hydrogen) atoms. The van der Waals surface area contributed by atoms with E-state index in [2.05, 4.69) is 26.3 Å². The van der Waals surface area contributed by atoms with Gasteiger partial charge < -0.3 is 9.73 Å². The van der Waals surface area contributed by atoms with Crippen molar-refractivity contribution in [2.45, 2.75) is 20.4 Å². The Labute approximate surface area is 162 Å². The molecule has 1 N–H and O–H groups in total. The number of hydrogen-bond donors (Lipinski definition) is 1. The lowest BCUT2D eigenvalue weighted by Crippen LogP contribution is -2.20. The summed E-state index contributed by atoms with van der Waals surface area (Å²) in [5.74, 6) is -0.223. The van der Waals surface area contributed by atoms with Gasteiger partial charge in [0.15, 0.2) is 0 Å². The van der Waals surface area contributed by atoms with E-state index in [1.807, 2.05) is 44.2 Å². The number of hydrogen-bond acceptors (Lipinski definition) is 4. The Hall–Kier alpha value is -2.93. The first-order chi connectivity index (χ1) is 12.9. The van der Waals surface area contributed by atoms with Crippen molar-refractivity contribution in [3.63, 3.8) is 0 Å². The number of anilines is 1. The van der Waals surface area contributed by atoms with E-state index in [4.69, 9.17) is 4.42 Å². The first-order valence-electron chi connectivity index (χ1n) is 8.37. The van der Waals surface area contributed by atoms with Crippen LogP contribution < -0.4 is 10.9 Å². The molecule has 1 amide bonds. The maximum absolute atomic E-state index is 12.6. The molecule has 6 nitrogen and oxygen atoms in total. The number of nitrogens with one attached hydrogen (secondary N) is 1. The highest BCUT2D eigenvalue weighted by Gasteiger charge is 2.15. The Morgan fingerprint density at radius 1 is 1.19 bits per heavy atom. The van der Waals surface area contributed by atoms with Crippen molar-refractivity contribution in [3.8, 4) is 0 Å². The van der Waals surface area contributed by atoms with E-state index in [9.17, 15) is 9.59 Å². The van der Waals surface area contributed by atoms with Crippen LogP contribution in [-0.4, -0.2) is 15.7 Å². The molecule has 0 radical (unpaired) electrons. The monoisotopic (exact) mass is 425 g/mol. The highest BCUT2D eigenvalue weighted by atomic mass is 79.9. The van der Waals surface area contributed by atoms with Crippen LogP contribution in [0.25, 0.3) is 21.9 Å². The summed E-state index contributed by atoms with van der Waals surface area (Å²) in [5.41, 5.74) is 3.33. The van der Waals surface area contributed by atoms with E-state index in [0.717, 1.165) is 26.7 Å². The summed E-state index contributed by atoms with van der Waals surface area (Å²) in [6.45, 7) is 3.87. The summed E-state index contributed by atoms with van der Waals surface area (Å²) < 4.78 is 7.84. The molecule has 4 rings (SSSR count). The number of rotatable bonds is 3. The van der Waals surface area contributed by atoms with Crippen molar-refractivity contribution in [2.75, 3.05) is 5.32 Å². The second-order valence-corrected chi connectivity index (χ2v) is 7.38. The standard InChI is InChI=1S/C20H16BrN3O3/c1-11-3-6-17-14(7-11)19-15(20(26)27-17)9-22-24(19)10-18(25)23-16-5-4-13(21)8-12(16)2/h3-9H,10H2,1-2H3,(H,23,25). The largest absolute Gasteiger partial charge is 0.422 e. The summed E-state index contributed by atoms with van der Waals surface area (Å²) >= 11 is 3.41. The Balaban J connectivity index is 1.73. The van der Waals surface area contributed by atoms with E-state index in [0.29, 0.717) is 16.5 Å². The molecule has 136 valence electrons. The first kappa shape index (κ1) is 17.5. The van der Waals surface area contributed by atoms with Crippen molar-refractivity contribution in [1.82, 2.24) is 9.78 Å². The number of halogens is 1. The summed E-state index contributed by atoms with van der Waals surface area (Å²) in [4.78, 5) is 24.8. The fourth-order valence-corrected chi connectivity index (χ4v) is 3.58. The first-order valence-corrected chi connectivity index (χ1v) is 9.16. The Bertz CT molecular complexity index is 1260. The van der Waals surface area contributed by atoms with Crippen molar-refractivity contribution >= 4 is 49.4 Å². The molecule has 0 spiro atoms. The molecular weight excluding hydrogens is 410 g/mol. The van der Waals surface area contributed by atoms with Gasteiger partial charge in [-0.3, -0.25) is 9.48 Å². The normalized spacial score (nSPS) is 11.2. The molecule has 2 aromatic carbocycles. The SMILES string of the molecule is Cc1ccc2oc(=O)c3cnn(CC(=O)Nc4ccc(Br)cc4C)c3c2c1. The number of benzene rings is 2. The lowest BCUT2D eigenvalue weighted by atomic mass is 10.1. The van der Waals surface area contributed by atoms with Gasteiger partial charge in [0.25, 0.3) is 0 Å². The van der Waals surface area contributed by atoms with Gasteiger partial charge in [-0.25, -0.2) is 4.79 Å². The van der Waals surface area contributed by atoms with Crippen molar-refractivity contribution in [3.05, 3.63) is 68.6 Å². The van der Waals surface area contributed by atoms with Crippen LogP contribution in [0.1, 0.15) is 11.1 Å². The van der Waals surface area contributed by atoms with Crippen LogP contribution in [0, 0.1) is 13.8 Å². The topological polar surface area (TPSA) is 77.1 Å². The smallest absolute Gasteiger partial charge is 0.347 e. The molecule has 0 aliphatic heterocycles. The van der Waals surface area contributed by atoms with Crippen molar-refractivity contribution in [2.24, 2.45) is 0 Å². The molecule has 0 fully saturated rings. The zero-order valence-electron chi connectivity index (χ0n) is 14.7. The van der Waals surface area contributed by atoms with E-state index in [1.54, 1.807) is 6.07 Å². The fraction of sp³-hybridized carbons (Fsp3) is 0.150. The van der Waals surface area contributed by atoms with Crippen LogP contribution in [0.2, 0.25) is 0 Å². The van der Waals surface area contributed by atoms with Crippen LogP contribution in [0.3, 0.4) is 0 Å². The molecule has 0 atom stereocenters. The van der Waals surface area contributed by atoms with Gasteiger partial charge in [0.2, 0.25) is 5.91 Å². The molecule has 2 aromatic heterocycles. The van der Waals surface area contributed by atoms with E-state index < -0.39 is 5.63 Å². The van der Waals surface area contributed by atoms with Gasteiger partial charge in [-0.2, -0.15) is 5.10 Å². The molecule has 0 aliphatic rings. The van der Waals surface area contributed by atoms with Crippen molar-refractivity contribution < 1.29 is 9.21 Å². The number of aromatic nitrogens is 2. The van der Waals surface area contributed by atoms with Crippen LogP contribution in [0.15, 0.2) is 56.3 Å². The Morgan fingerprint density at radius 3 is 2.78 bits per heavy atom. The minimum Gasteiger partial charge on any atom is -0.422 e. The maximum atomic E-state index is 12.6.